The summed E-state index contributed by atoms with van der Waals surface area (Å²) in [5.74, 6) is -1.58. The molecule has 0 radical (unpaired) electrons. The van der Waals surface area contributed by atoms with E-state index in [-0.39, 0.29) is 17.8 Å². The second-order valence-corrected chi connectivity index (χ2v) is 3.74. The Morgan fingerprint density at radius 2 is 2.22 bits per heavy atom. The van der Waals surface area contributed by atoms with Crippen LogP contribution in [-0.4, -0.2) is 15.6 Å². The summed E-state index contributed by atoms with van der Waals surface area (Å²) in [6.07, 6.45) is 1.57. The van der Waals surface area contributed by atoms with Crippen molar-refractivity contribution in [2.75, 3.05) is 0 Å². The average molecular weight is 244 g/mol. The van der Waals surface area contributed by atoms with Gasteiger partial charge in [0.15, 0.2) is 0 Å². The molecule has 0 amide bonds. The third kappa shape index (κ3) is 2.23. The van der Waals surface area contributed by atoms with Gasteiger partial charge in [-0.3, -0.25) is 0 Å². The van der Waals surface area contributed by atoms with Gasteiger partial charge < -0.3 is 9.67 Å². The minimum Gasteiger partial charge on any atom is -0.477 e. The standard InChI is InChI=1S/C13H9FN2O2/c14-11-6-9(7-15)3-4-10(11)8-16-5-1-2-12(16)13(17)18/h1-6H,8H2,(H,17,18). The molecule has 4 nitrogen and oxygen atoms in total. The molecule has 0 aliphatic rings. The molecule has 90 valence electrons. The van der Waals surface area contributed by atoms with E-state index >= 15 is 0 Å². The van der Waals surface area contributed by atoms with E-state index in [1.165, 1.54) is 22.8 Å². The molecule has 1 aromatic carbocycles. The van der Waals surface area contributed by atoms with Gasteiger partial charge in [-0.2, -0.15) is 5.26 Å². The van der Waals surface area contributed by atoms with E-state index in [1.54, 1.807) is 12.3 Å². The fraction of sp³-hybridized carbons (Fsp3) is 0.0769. The van der Waals surface area contributed by atoms with Crippen LogP contribution < -0.4 is 0 Å². The molecule has 2 rings (SSSR count). The number of carboxylic acids is 1. The van der Waals surface area contributed by atoms with Crippen molar-refractivity contribution in [2.24, 2.45) is 0 Å². The first-order valence-electron chi connectivity index (χ1n) is 5.19. The molecule has 0 aliphatic carbocycles. The molecular formula is C13H9FN2O2. The Balaban J connectivity index is 2.32. The van der Waals surface area contributed by atoms with Crippen molar-refractivity contribution in [1.82, 2.24) is 4.57 Å². The Bertz CT molecular complexity index is 641. The summed E-state index contributed by atoms with van der Waals surface area (Å²) in [6, 6.07) is 9.01. The fourth-order valence-corrected chi connectivity index (χ4v) is 1.67. The van der Waals surface area contributed by atoms with E-state index < -0.39 is 11.8 Å². The van der Waals surface area contributed by atoms with Crippen LogP contribution in [0.1, 0.15) is 21.6 Å². The molecule has 1 heterocycles. The quantitative estimate of drug-likeness (QED) is 0.900. The van der Waals surface area contributed by atoms with Crippen LogP contribution in [0.4, 0.5) is 4.39 Å². The number of carboxylic acid groups (broad SMARTS) is 1. The molecule has 2 aromatic rings. The van der Waals surface area contributed by atoms with Crippen LogP contribution in [0.5, 0.6) is 0 Å². The zero-order chi connectivity index (χ0) is 13.1. The van der Waals surface area contributed by atoms with Gasteiger partial charge in [0.25, 0.3) is 0 Å². The van der Waals surface area contributed by atoms with Crippen molar-refractivity contribution in [3.8, 4) is 6.07 Å². The number of halogens is 1. The summed E-state index contributed by atoms with van der Waals surface area (Å²) in [7, 11) is 0. The van der Waals surface area contributed by atoms with Crippen molar-refractivity contribution in [1.29, 1.82) is 5.26 Å². The lowest BCUT2D eigenvalue weighted by molar-refractivity contribution is 0.0685. The van der Waals surface area contributed by atoms with Crippen molar-refractivity contribution < 1.29 is 14.3 Å². The minimum atomic E-state index is -1.06. The first-order chi connectivity index (χ1) is 8.61. The van der Waals surface area contributed by atoms with Gasteiger partial charge >= 0.3 is 5.97 Å². The second kappa shape index (κ2) is 4.72. The van der Waals surface area contributed by atoms with Crippen LogP contribution in [0.15, 0.2) is 36.5 Å². The molecule has 0 saturated carbocycles. The lowest BCUT2D eigenvalue weighted by atomic mass is 10.1. The molecule has 0 fully saturated rings. The third-order valence-electron chi connectivity index (χ3n) is 2.57. The molecule has 0 atom stereocenters. The number of hydrogen-bond donors (Lipinski definition) is 1. The van der Waals surface area contributed by atoms with Crippen molar-refractivity contribution in [3.05, 3.63) is 59.2 Å². The third-order valence-corrected chi connectivity index (χ3v) is 2.57. The van der Waals surface area contributed by atoms with E-state index in [9.17, 15) is 9.18 Å². The van der Waals surface area contributed by atoms with Crippen LogP contribution in [0.3, 0.4) is 0 Å². The largest absolute Gasteiger partial charge is 0.477 e. The normalized spacial score (nSPS) is 10.0. The topological polar surface area (TPSA) is 66.0 Å². The van der Waals surface area contributed by atoms with Gasteiger partial charge in [0, 0.05) is 11.8 Å². The van der Waals surface area contributed by atoms with Crippen LogP contribution >= 0.6 is 0 Å². The lowest BCUT2D eigenvalue weighted by Gasteiger charge is -2.07. The number of nitriles is 1. The van der Waals surface area contributed by atoms with Crippen LogP contribution in [0.25, 0.3) is 0 Å². The highest BCUT2D eigenvalue weighted by atomic mass is 19.1. The van der Waals surface area contributed by atoms with E-state index in [0.717, 1.165) is 6.07 Å². The Morgan fingerprint density at radius 3 is 2.83 bits per heavy atom. The molecular weight excluding hydrogens is 235 g/mol. The molecule has 0 spiro atoms. The van der Waals surface area contributed by atoms with Crippen LogP contribution in [-0.2, 0) is 6.54 Å². The van der Waals surface area contributed by atoms with Crippen LogP contribution in [0.2, 0.25) is 0 Å². The first-order valence-corrected chi connectivity index (χ1v) is 5.19. The molecule has 1 aromatic heterocycles. The number of nitrogens with zero attached hydrogens (tertiary/aromatic N) is 2. The maximum Gasteiger partial charge on any atom is 0.352 e. The zero-order valence-corrected chi connectivity index (χ0v) is 9.30. The Labute approximate surface area is 103 Å². The maximum absolute atomic E-state index is 13.6. The summed E-state index contributed by atoms with van der Waals surface area (Å²) in [5, 5.41) is 17.6. The summed E-state index contributed by atoms with van der Waals surface area (Å²) in [6.45, 7) is 0.117. The summed E-state index contributed by atoms with van der Waals surface area (Å²) in [4.78, 5) is 10.9. The number of aromatic nitrogens is 1. The van der Waals surface area contributed by atoms with Crippen molar-refractivity contribution in [2.45, 2.75) is 6.54 Å². The summed E-state index contributed by atoms with van der Waals surface area (Å²) >= 11 is 0. The molecule has 0 aliphatic heterocycles. The Kier molecular flexibility index (Phi) is 3.11. The predicted octanol–water partition coefficient (Wildman–Crippen LogP) is 2.25. The number of carbonyl (C=O) groups is 1. The zero-order valence-electron chi connectivity index (χ0n) is 9.30. The average Bonchev–Trinajstić information content (AvgIpc) is 2.80. The predicted molar refractivity (Wildman–Crippen MR) is 61.6 cm³/mol. The van der Waals surface area contributed by atoms with E-state index in [1.807, 2.05) is 6.07 Å². The molecule has 18 heavy (non-hydrogen) atoms. The van der Waals surface area contributed by atoms with Gasteiger partial charge in [-0.1, -0.05) is 6.07 Å². The van der Waals surface area contributed by atoms with E-state index in [0.29, 0.717) is 5.56 Å². The van der Waals surface area contributed by atoms with Crippen LogP contribution in [0, 0.1) is 17.1 Å². The van der Waals surface area contributed by atoms with Gasteiger partial charge in [-0.05, 0) is 24.3 Å². The van der Waals surface area contributed by atoms with E-state index in [2.05, 4.69) is 0 Å². The van der Waals surface area contributed by atoms with Gasteiger partial charge in [0.05, 0.1) is 18.2 Å². The van der Waals surface area contributed by atoms with Gasteiger partial charge in [-0.25, -0.2) is 9.18 Å². The number of aromatic carboxylic acids is 1. The molecule has 0 unspecified atom stereocenters. The number of benzene rings is 1. The van der Waals surface area contributed by atoms with Gasteiger partial charge in [0.1, 0.15) is 11.5 Å². The Morgan fingerprint density at radius 1 is 1.44 bits per heavy atom. The number of rotatable bonds is 3. The molecule has 1 N–H and O–H groups in total. The SMILES string of the molecule is N#Cc1ccc(Cn2cccc2C(=O)O)c(F)c1. The first kappa shape index (κ1) is 11.9. The van der Waals surface area contributed by atoms with Gasteiger partial charge in [-0.15, -0.1) is 0 Å². The fourth-order valence-electron chi connectivity index (χ4n) is 1.67. The molecule has 0 saturated heterocycles. The smallest absolute Gasteiger partial charge is 0.352 e. The second-order valence-electron chi connectivity index (χ2n) is 3.74. The lowest BCUT2D eigenvalue weighted by Crippen LogP contribution is -2.09. The molecule has 0 bridgehead atoms. The highest BCUT2D eigenvalue weighted by Crippen LogP contribution is 2.13. The highest BCUT2D eigenvalue weighted by Gasteiger charge is 2.11. The highest BCUT2D eigenvalue weighted by molar-refractivity contribution is 5.85. The van der Waals surface area contributed by atoms with Crippen molar-refractivity contribution >= 4 is 5.97 Å². The maximum atomic E-state index is 13.6. The monoisotopic (exact) mass is 244 g/mol. The minimum absolute atomic E-state index is 0.0961. The van der Waals surface area contributed by atoms with Crippen molar-refractivity contribution in [3.63, 3.8) is 0 Å². The summed E-state index contributed by atoms with van der Waals surface area (Å²) < 4.78 is 15.1. The Hall–Kier alpha value is -2.61. The molecule has 5 heteroatoms. The van der Waals surface area contributed by atoms with E-state index in [4.69, 9.17) is 10.4 Å². The summed E-state index contributed by atoms with van der Waals surface area (Å²) in [5.41, 5.74) is 0.675. The van der Waals surface area contributed by atoms with Gasteiger partial charge in [0.2, 0.25) is 0 Å². The number of hydrogen-bond acceptors (Lipinski definition) is 2.